The van der Waals surface area contributed by atoms with Crippen LogP contribution in [-0.2, 0) is 4.74 Å². The molecule has 1 saturated heterocycles. The van der Waals surface area contributed by atoms with E-state index in [1.165, 1.54) is 12.4 Å². The van der Waals surface area contributed by atoms with Gasteiger partial charge in [-0.05, 0) is 24.3 Å². The number of nitrogens with one attached hydrogen (secondary N) is 1. The van der Waals surface area contributed by atoms with E-state index in [9.17, 15) is 9.59 Å². The standard InChI is InChI=1S/C16H17N5O3/c17-14(22)13-15(19-6-5-18-13)20-12-3-1-11(2-4-12)16(23)21-7-9-24-10-8-21/h1-6H,7-10H2,(H2,17,22)(H,19,20). The van der Waals surface area contributed by atoms with Crippen LogP contribution in [0.2, 0.25) is 0 Å². The highest BCUT2D eigenvalue weighted by molar-refractivity contribution is 5.96. The Morgan fingerprint density at radius 3 is 2.42 bits per heavy atom. The third kappa shape index (κ3) is 3.49. The van der Waals surface area contributed by atoms with E-state index in [0.717, 1.165) is 0 Å². The number of nitrogens with two attached hydrogens (primary N) is 1. The van der Waals surface area contributed by atoms with Gasteiger partial charge >= 0.3 is 0 Å². The summed E-state index contributed by atoms with van der Waals surface area (Å²) in [6.45, 7) is 2.32. The van der Waals surface area contributed by atoms with Crippen molar-refractivity contribution in [2.45, 2.75) is 0 Å². The summed E-state index contributed by atoms with van der Waals surface area (Å²) in [6, 6.07) is 6.93. The molecule has 0 aliphatic carbocycles. The molecule has 2 amide bonds. The summed E-state index contributed by atoms with van der Waals surface area (Å²) in [5.41, 5.74) is 6.61. The first-order chi connectivity index (χ1) is 11.6. The topological polar surface area (TPSA) is 110 Å². The highest BCUT2D eigenvalue weighted by Crippen LogP contribution is 2.18. The van der Waals surface area contributed by atoms with Crippen LogP contribution in [0.3, 0.4) is 0 Å². The second kappa shape index (κ2) is 7.05. The van der Waals surface area contributed by atoms with Gasteiger partial charge in [0.1, 0.15) is 0 Å². The van der Waals surface area contributed by atoms with Gasteiger partial charge in [-0.3, -0.25) is 9.59 Å². The normalized spacial score (nSPS) is 14.2. The van der Waals surface area contributed by atoms with Crippen molar-refractivity contribution in [2.24, 2.45) is 5.73 Å². The molecule has 124 valence electrons. The van der Waals surface area contributed by atoms with Gasteiger partial charge in [0.2, 0.25) is 0 Å². The van der Waals surface area contributed by atoms with Crippen molar-refractivity contribution in [3.8, 4) is 0 Å². The van der Waals surface area contributed by atoms with Crippen molar-refractivity contribution in [2.75, 3.05) is 31.6 Å². The number of benzene rings is 1. The zero-order chi connectivity index (χ0) is 16.9. The number of carbonyl (C=O) groups is 2. The van der Waals surface area contributed by atoms with Crippen molar-refractivity contribution < 1.29 is 14.3 Å². The molecule has 1 aromatic heterocycles. The Labute approximate surface area is 138 Å². The maximum Gasteiger partial charge on any atom is 0.271 e. The number of nitrogens with zero attached hydrogens (tertiary/aromatic N) is 3. The molecule has 2 heterocycles. The number of amides is 2. The lowest BCUT2D eigenvalue weighted by molar-refractivity contribution is 0.0303. The van der Waals surface area contributed by atoms with Crippen LogP contribution in [0.4, 0.5) is 11.5 Å². The van der Waals surface area contributed by atoms with Crippen molar-refractivity contribution in [1.29, 1.82) is 0 Å². The lowest BCUT2D eigenvalue weighted by Gasteiger charge is -2.26. The van der Waals surface area contributed by atoms with Crippen molar-refractivity contribution in [3.05, 3.63) is 47.9 Å². The molecule has 1 aromatic carbocycles. The summed E-state index contributed by atoms with van der Waals surface area (Å²) >= 11 is 0. The molecular formula is C16H17N5O3. The Kier molecular flexibility index (Phi) is 4.66. The SMILES string of the molecule is NC(=O)c1nccnc1Nc1ccc(C(=O)N2CCOCC2)cc1. The number of hydrogen-bond donors (Lipinski definition) is 2. The minimum absolute atomic E-state index is 0.0258. The fourth-order valence-corrected chi connectivity index (χ4v) is 2.39. The van der Waals surface area contributed by atoms with Crippen LogP contribution in [0.1, 0.15) is 20.8 Å². The van der Waals surface area contributed by atoms with Crippen LogP contribution in [0.5, 0.6) is 0 Å². The summed E-state index contributed by atoms with van der Waals surface area (Å²) < 4.78 is 5.25. The van der Waals surface area contributed by atoms with Crippen molar-refractivity contribution in [1.82, 2.24) is 14.9 Å². The largest absolute Gasteiger partial charge is 0.378 e. The van der Waals surface area contributed by atoms with E-state index in [-0.39, 0.29) is 17.4 Å². The highest BCUT2D eigenvalue weighted by atomic mass is 16.5. The quantitative estimate of drug-likeness (QED) is 0.859. The molecular weight excluding hydrogens is 310 g/mol. The number of hydrogen-bond acceptors (Lipinski definition) is 6. The van der Waals surface area contributed by atoms with Crippen LogP contribution in [-0.4, -0.2) is 53.0 Å². The molecule has 3 rings (SSSR count). The molecule has 0 spiro atoms. The van der Waals surface area contributed by atoms with Crippen LogP contribution in [0.25, 0.3) is 0 Å². The monoisotopic (exact) mass is 327 g/mol. The van der Waals surface area contributed by atoms with Crippen LogP contribution < -0.4 is 11.1 Å². The van der Waals surface area contributed by atoms with Gasteiger partial charge < -0.3 is 20.7 Å². The van der Waals surface area contributed by atoms with Crippen LogP contribution in [0, 0.1) is 0 Å². The van der Waals surface area contributed by atoms with Gasteiger partial charge in [0.05, 0.1) is 13.2 Å². The molecule has 0 atom stereocenters. The first-order valence-corrected chi connectivity index (χ1v) is 7.50. The number of ether oxygens (including phenoxy) is 1. The molecule has 8 nitrogen and oxygen atoms in total. The fraction of sp³-hybridized carbons (Fsp3) is 0.250. The number of aromatic nitrogens is 2. The average Bonchev–Trinajstić information content (AvgIpc) is 2.63. The minimum Gasteiger partial charge on any atom is -0.378 e. The van der Waals surface area contributed by atoms with Crippen LogP contribution in [0.15, 0.2) is 36.7 Å². The second-order valence-corrected chi connectivity index (χ2v) is 5.22. The lowest BCUT2D eigenvalue weighted by Crippen LogP contribution is -2.40. The van der Waals surface area contributed by atoms with E-state index >= 15 is 0 Å². The number of primary amides is 1. The first-order valence-electron chi connectivity index (χ1n) is 7.50. The third-order valence-corrected chi connectivity index (χ3v) is 3.62. The van der Waals surface area contributed by atoms with Gasteiger partial charge in [0.25, 0.3) is 11.8 Å². The molecule has 0 unspecified atom stereocenters. The third-order valence-electron chi connectivity index (χ3n) is 3.62. The molecule has 8 heteroatoms. The van der Waals surface area contributed by atoms with Gasteiger partial charge in [-0.2, -0.15) is 0 Å². The molecule has 0 radical (unpaired) electrons. The molecule has 1 fully saturated rings. The predicted molar refractivity (Wildman–Crippen MR) is 87.0 cm³/mol. The Morgan fingerprint density at radius 2 is 1.75 bits per heavy atom. The van der Waals surface area contributed by atoms with Gasteiger partial charge in [0.15, 0.2) is 11.5 Å². The molecule has 1 aliphatic rings. The first kappa shape index (κ1) is 15.9. The van der Waals surface area contributed by atoms with E-state index < -0.39 is 5.91 Å². The van der Waals surface area contributed by atoms with E-state index in [0.29, 0.717) is 37.6 Å². The summed E-state index contributed by atoms with van der Waals surface area (Å²) in [7, 11) is 0. The van der Waals surface area contributed by atoms with E-state index in [1.807, 2.05) is 0 Å². The van der Waals surface area contributed by atoms with Gasteiger partial charge in [-0.1, -0.05) is 0 Å². The smallest absolute Gasteiger partial charge is 0.271 e. The van der Waals surface area contributed by atoms with Crippen molar-refractivity contribution >= 4 is 23.3 Å². The average molecular weight is 327 g/mol. The van der Waals surface area contributed by atoms with E-state index in [1.54, 1.807) is 29.2 Å². The number of carbonyl (C=O) groups excluding carboxylic acids is 2. The number of rotatable bonds is 4. The number of morpholine rings is 1. The summed E-state index contributed by atoms with van der Waals surface area (Å²) in [5.74, 6) is -0.413. The minimum atomic E-state index is -0.662. The second-order valence-electron chi connectivity index (χ2n) is 5.22. The Morgan fingerprint density at radius 1 is 1.08 bits per heavy atom. The Bertz CT molecular complexity index is 742. The van der Waals surface area contributed by atoms with Crippen LogP contribution >= 0.6 is 0 Å². The van der Waals surface area contributed by atoms with Gasteiger partial charge in [-0.15, -0.1) is 0 Å². The van der Waals surface area contributed by atoms with Gasteiger partial charge in [0, 0.05) is 36.7 Å². The predicted octanol–water partition coefficient (Wildman–Crippen LogP) is 0.791. The molecule has 1 aliphatic heterocycles. The lowest BCUT2D eigenvalue weighted by atomic mass is 10.1. The molecule has 3 N–H and O–H groups in total. The fourth-order valence-electron chi connectivity index (χ4n) is 2.39. The molecule has 24 heavy (non-hydrogen) atoms. The molecule has 0 bridgehead atoms. The van der Waals surface area contributed by atoms with E-state index in [2.05, 4.69) is 15.3 Å². The molecule has 2 aromatic rings. The Hall–Kier alpha value is -3.00. The maximum absolute atomic E-state index is 12.4. The zero-order valence-corrected chi connectivity index (χ0v) is 12.9. The summed E-state index contributed by atoms with van der Waals surface area (Å²) in [6.07, 6.45) is 2.86. The Balaban J connectivity index is 1.73. The zero-order valence-electron chi connectivity index (χ0n) is 12.9. The van der Waals surface area contributed by atoms with Gasteiger partial charge in [-0.25, -0.2) is 9.97 Å². The van der Waals surface area contributed by atoms with Crippen molar-refractivity contribution in [3.63, 3.8) is 0 Å². The highest BCUT2D eigenvalue weighted by Gasteiger charge is 2.18. The summed E-state index contributed by atoms with van der Waals surface area (Å²) in [4.78, 5) is 33.5. The summed E-state index contributed by atoms with van der Waals surface area (Å²) in [5, 5.41) is 2.98. The maximum atomic E-state index is 12.4. The van der Waals surface area contributed by atoms with E-state index in [4.69, 9.17) is 10.5 Å². The number of anilines is 2. The molecule has 0 saturated carbocycles.